The lowest BCUT2D eigenvalue weighted by Crippen LogP contribution is -2.37. The first kappa shape index (κ1) is 18.8. The molecule has 1 aromatic carbocycles. The van der Waals surface area contributed by atoms with E-state index in [9.17, 15) is 18.5 Å². The fourth-order valence-electron chi connectivity index (χ4n) is 3.93. The van der Waals surface area contributed by atoms with E-state index in [2.05, 4.69) is 10.1 Å². The van der Waals surface area contributed by atoms with E-state index in [1.165, 1.54) is 22.8 Å². The predicted molar refractivity (Wildman–Crippen MR) is 102 cm³/mol. The number of nitro groups is 1. The van der Waals surface area contributed by atoms with Crippen LogP contribution in [0.15, 0.2) is 35.7 Å². The summed E-state index contributed by atoms with van der Waals surface area (Å²) in [5.41, 5.74) is 0.327. The highest BCUT2D eigenvalue weighted by Crippen LogP contribution is 2.35. The highest BCUT2D eigenvalue weighted by molar-refractivity contribution is 7.89. The van der Waals surface area contributed by atoms with Crippen molar-refractivity contribution in [1.82, 2.24) is 19.1 Å². The van der Waals surface area contributed by atoms with Crippen LogP contribution in [0.4, 0.5) is 11.4 Å². The van der Waals surface area contributed by atoms with Gasteiger partial charge in [0.05, 0.1) is 16.7 Å². The van der Waals surface area contributed by atoms with Gasteiger partial charge in [0.2, 0.25) is 10.0 Å². The summed E-state index contributed by atoms with van der Waals surface area (Å²) in [5.74, 6) is 0. The lowest BCUT2D eigenvalue weighted by atomic mass is 10.0. The number of benzene rings is 1. The second kappa shape index (κ2) is 7.47. The Hall–Kier alpha value is -2.53. The molecule has 2 fully saturated rings. The number of aromatic nitrogens is 3. The number of non-ortho nitro benzene ring substituents is 1. The first-order valence-electron chi connectivity index (χ1n) is 9.34. The Kier molecular flexibility index (Phi) is 5.02. The van der Waals surface area contributed by atoms with E-state index in [4.69, 9.17) is 0 Å². The Bertz CT molecular complexity index is 948. The highest BCUT2D eigenvalue weighted by atomic mass is 32.2. The molecule has 0 atom stereocenters. The Morgan fingerprint density at radius 2 is 1.82 bits per heavy atom. The molecular formula is C17H22N6O4S. The van der Waals surface area contributed by atoms with E-state index in [1.807, 2.05) is 9.58 Å². The van der Waals surface area contributed by atoms with Gasteiger partial charge in [-0.05, 0) is 31.7 Å². The second-order valence-electron chi connectivity index (χ2n) is 7.11. The number of rotatable bonds is 5. The zero-order valence-corrected chi connectivity index (χ0v) is 16.2. The third-order valence-corrected chi connectivity index (χ3v) is 7.38. The minimum absolute atomic E-state index is 0.0304. The molecule has 4 rings (SSSR count). The summed E-state index contributed by atoms with van der Waals surface area (Å²) in [6.07, 6.45) is 6.41. The summed E-state index contributed by atoms with van der Waals surface area (Å²) in [4.78, 5) is 16.7. The van der Waals surface area contributed by atoms with Gasteiger partial charge in [-0.1, -0.05) is 0 Å². The molecule has 10 nitrogen and oxygen atoms in total. The monoisotopic (exact) mass is 406 g/mol. The van der Waals surface area contributed by atoms with Crippen molar-refractivity contribution in [3.05, 3.63) is 41.0 Å². The first-order valence-corrected chi connectivity index (χ1v) is 10.8. The number of hydrogen-bond donors (Lipinski definition) is 0. The van der Waals surface area contributed by atoms with Crippen LogP contribution in [-0.4, -0.2) is 58.6 Å². The summed E-state index contributed by atoms with van der Waals surface area (Å²) in [6.45, 7) is 2.20. The Balaban J connectivity index is 1.64. The highest BCUT2D eigenvalue weighted by Gasteiger charge is 2.33. The predicted octanol–water partition coefficient (Wildman–Crippen LogP) is 1.81. The molecule has 0 aliphatic carbocycles. The molecule has 0 spiro atoms. The van der Waals surface area contributed by atoms with Gasteiger partial charge in [0.15, 0.2) is 0 Å². The molecule has 28 heavy (non-hydrogen) atoms. The van der Waals surface area contributed by atoms with Crippen LogP contribution in [0.2, 0.25) is 0 Å². The van der Waals surface area contributed by atoms with Crippen LogP contribution in [-0.2, 0) is 10.0 Å². The average molecular weight is 406 g/mol. The molecular weight excluding hydrogens is 384 g/mol. The number of piperidine rings is 1. The van der Waals surface area contributed by atoms with Crippen LogP contribution in [0.25, 0.3) is 0 Å². The van der Waals surface area contributed by atoms with Crippen molar-refractivity contribution in [3.8, 4) is 0 Å². The lowest BCUT2D eigenvalue weighted by molar-refractivity contribution is -0.385. The van der Waals surface area contributed by atoms with Crippen LogP contribution in [0.5, 0.6) is 0 Å². The third-order valence-electron chi connectivity index (χ3n) is 5.45. The Morgan fingerprint density at radius 1 is 1.11 bits per heavy atom. The molecule has 2 aliphatic heterocycles. The number of sulfonamides is 1. The molecule has 2 saturated heterocycles. The maximum Gasteiger partial charge on any atom is 0.270 e. The van der Waals surface area contributed by atoms with E-state index in [0.717, 1.165) is 25.7 Å². The normalized spacial score (nSPS) is 19.2. The van der Waals surface area contributed by atoms with Crippen molar-refractivity contribution in [2.75, 3.05) is 31.1 Å². The van der Waals surface area contributed by atoms with Gasteiger partial charge in [0.25, 0.3) is 5.69 Å². The fourth-order valence-corrected chi connectivity index (χ4v) is 5.68. The van der Waals surface area contributed by atoms with Crippen molar-refractivity contribution < 1.29 is 13.3 Å². The maximum absolute atomic E-state index is 13.2. The molecule has 11 heteroatoms. The topological polar surface area (TPSA) is 114 Å². The molecule has 0 unspecified atom stereocenters. The van der Waals surface area contributed by atoms with Crippen LogP contribution in [0.1, 0.15) is 31.7 Å². The van der Waals surface area contributed by atoms with Crippen molar-refractivity contribution in [1.29, 1.82) is 0 Å². The van der Waals surface area contributed by atoms with Gasteiger partial charge in [-0.2, -0.15) is 9.40 Å². The smallest absolute Gasteiger partial charge is 0.270 e. The Morgan fingerprint density at radius 3 is 2.43 bits per heavy atom. The van der Waals surface area contributed by atoms with Crippen LogP contribution < -0.4 is 4.90 Å². The van der Waals surface area contributed by atoms with Gasteiger partial charge in [-0.25, -0.2) is 18.1 Å². The van der Waals surface area contributed by atoms with Gasteiger partial charge >= 0.3 is 0 Å². The van der Waals surface area contributed by atoms with Crippen LogP contribution in [0, 0.1) is 10.1 Å². The summed E-state index contributed by atoms with van der Waals surface area (Å²) in [5, 5.41) is 15.4. The Labute approximate surface area is 163 Å². The third kappa shape index (κ3) is 3.47. The molecule has 0 N–H and O–H groups in total. The minimum atomic E-state index is -3.77. The van der Waals surface area contributed by atoms with Gasteiger partial charge in [0, 0.05) is 38.3 Å². The van der Waals surface area contributed by atoms with E-state index in [0.29, 0.717) is 31.9 Å². The largest absolute Gasteiger partial charge is 0.370 e. The van der Waals surface area contributed by atoms with Crippen molar-refractivity contribution in [3.63, 3.8) is 0 Å². The molecule has 0 amide bonds. The quantitative estimate of drug-likeness (QED) is 0.549. The van der Waals surface area contributed by atoms with Crippen molar-refractivity contribution in [2.45, 2.75) is 36.6 Å². The summed E-state index contributed by atoms with van der Waals surface area (Å²) in [6, 6.07) is 4.36. The fraction of sp³-hybridized carbons (Fsp3) is 0.529. The zero-order valence-electron chi connectivity index (χ0n) is 15.3. The summed E-state index contributed by atoms with van der Waals surface area (Å²) < 4.78 is 29.6. The lowest BCUT2D eigenvalue weighted by Gasteiger charge is -2.34. The van der Waals surface area contributed by atoms with Gasteiger partial charge in [-0.3, -0.25) is 10.1 Å². The molecule has 3 heterocycles. The number of hydrogen-bond acceptors (Lipinski definition) is 7. The first-order chi connectivity index (χ1) is 13.5. The van der Waals surface area contributed by atoms with Crippen LogP contribution >= 0.6 is 0 Å². The van der Waals surface area contributed by atoms with Crippen molar-refractivity contribution in [2.24, 2.45) is 0 Å². The molecule has 2 aliphatic rings. The standard InChI is InChI=1S/C17H22N6O4S/c24-23(25)15-3-4-16(17(11-15)28(26,27)21-7-1-2-8-21)20-9-5-14(6-10-20)22-13-18-12-19-22/h3-4,11-14H,1-2,5-10H2. The average Bonchev–Trinajstić information content (AvgIpc) is 3.42. The second-order valence-corrected chi connectivity index (χ2v) is 9.02. The molecule has 2 aromatic rings. The van der Waals surface area contributed by atoms with Gasteiger partial charge < -0.3 is 4.90 Å². The number of nitro benzene ring substituents is 1. The summed E-state index contributed by atoms with van der Waals surface area (Å²) in [7, 11) is -3.77. The van der Waals surface area contributed by atoms with E-state index in [1.54, 1.807) is 12.4 Å². The van der Waals surface area contributed by atoms with Crippen LogP contribution in [0.3, 0.4) is 0 Å². The molecule has 0 saturated carbocycles. The minimum Gasteiger partial charge on any atom is -0.370 e. The van der Waals surface area contributed by atoms with E-state index < -0.39 is 14.9 Å². The summed E-state index contributed by atoms with van der Waals surface area (Å²) >= 11 is 0. The van der Waals surface area contributed by atoms with Gasteiger partial charge in [0.1, 0.15) is 17.6 Å². The SMILES string of the molecule is O=[N+]([O-])c1ccc(N2CCC(n3cncn3)CC2)c(S(=O)(=O)N2CCCC2)c1. The number of nitrogens with zero attached hydrogens (tertiary/aromatic N) is 6. The molecule has 1 aromatic heterocycles. The number of anilines is 1. The van der Waals surface area contributed by atoms with E-state index in [-0.39, 0.29) is 16.6 Å². The molecule has 0 bridgehead atoms. The molecule has 150 valence electrons. The maximum atomic E-state index is 13.2. The zero-order chi connectivity index (χ0) is 19.7. The van der Waals surface area contributed by atoms with E-state index >= 15 is 0 Å². The molecule has 0 radical (unpaired) electrons. The van der Waals surface area contributed by atoms with Crippen molar-refractivity contribution >= 4 is 21.4 Å². The van der Waals surface area contributed by atoms with Gasteiger partial charge in [-0.15, -0.1) is 0 Å².